The lowest BCUT2D eigenvalue weighted by molar-refractivity contribution is -0.387. The van der Waals surface area contributed by atoms with Gasteiger partial charge in [-0.3, -0.25) is 10.1 Å². The molecule has 1 rings (SSSR count). The maximum absolute atomic E-state index is 13.2. The smallest absolute Gasteiger partial charge is 0.305 e. The van der Waals surface area contributed by atoms with Gasteiger partial charge in [0.2, 0.25) is 5.82 Å². The SMILES string of the molecule is CC(C)CC[C@@H](O)[C@@H](N)c1ccc(F)c([N+](=O)[O-])c1.Cl. The van der Waals surface area contributed by atoms with Crippen molar-refractivity contribution in [3.63, 3.8) is 0 Å². The quantitative estimate of drug-likeness (QED) is 0.624. The first-order valence-corrected chi connectivity index (χ1v) is 6.20. The summed E-state index contributed by atoms with van der Waals surface area (Å²) in [7, 11) is 0. The zero-order chi connectivity index (χ0) is 14.6. The van der Waals surface area contributed by atoms with Crippen LogP contribution in [-0.4, -0.2) is 16.1 Å². The third-order valence-corrected chi connectivity index (χ3v) is 3.01. The first-order valence-electron chi connectivity index (χ1n) is 6.20. The minimum atomic E-state index is -0.905. The van der Waals surface area contributed by atoms with Crippen molar-refractivity contribution < 1.29 is 14.4 Å². The monoisotopic (exact) mass is 306 g/mol. The van der Waals surface area contributed by atoms with Crippen molar-refractivity contribution >= 4 is 18.1 Å². The van der Waals surface area contributed by atoms with Crippen molar-refractivity contribution in [2.24, 2.45) is 11.7 Å². The Labute approximate surface area is 123 Å². The number of nitro benzene ring substituents is 1. The summed E-state index contributed by atoms with van der Waals surface area (Å²) in [6.45, 7) is 4.06. The summed E-state index contributed by atoms with van der Waals surface area (Å²) in [4.78, 5) is 9.84. The van der Waals surface area contributed by atoms with Crippen molar-refractivity contribution in [2.45, 2.75) is 38.8 Å². The second-order valence-electron chi connectivity index (χ2n) is 5.03. The Morgan fingerprint density at radius 2 is 2.00 bits per heavy atom. The van der Waals surface area contributed by atoms with E-state index in [9.17, 15) is 19.6 Å². The van der Waals surface area contributed by atoms with E-state index in [1.807, 2.05) is 13.8 Å². The van der Waals surface area contributed by atoms with E-state index in [1.54, 1.807) is 0 Å². The molecule has 0 aliphatic carbocycles. The Hall–Kier alpha value is -1.24. The molecule has 0 aliphatic rings. The Balaban J connectivity index is 0.00000361. The van der Waals surface area contributed by atoms with E-state index in [-0.39, 0.29) is 12.4 Å². The largest absolute Gasteiger partial charge is 0.391 e. The molecule has 0 heterocycles. The number of aliphatic hydroxyl groups is 1. The van der Waals surface area contributed by atoms with Crippen LogP contribution in [-0.2, 0) is 0 Å². The maximum Gasteiger partial charge on any atom is 0.305 e. The van der Waals surface area contributed by atoms with Crippen LogP contribution >= 0.6 is 12.4 Å². The van der Waals surface area contributed by atoms with Gasteiger partial charge in [0.05, 0.1) is 17.1 Å². The van der Waals surface area contributed by atoms with E-state index in [2.05, 4.69) is 0 Å². The summed E-state index contributed by atoms with van der Waals surface area (Å²) in [5.74, 6) is -0.470. The number of nitrogens with zero attached hydrogens (tertiary/aromatic N) is 1. The zero-order valence-electron chi connectivity index (χ0n) is 11.5. The molecule has 3 N–H and O–H groups in total. The predicted octanol–water partition coefficient (Wildman–Crippen LogP) is 2.95. The van der Waals surface area contributed by atoms with Gasteiger partial charge in [-0.2, -0.15) is 4.39 Å². The van der Waals surface area contributed by atoms with Crippen molar-refractivity contribution in [1.82, 2.24) is 0 Å². The Morgan fingerprint density at radius 1 is 1.40 bits per heavy atom. The summed E-state index contributed by atoms with van der Waals surface area (Å²) in [6.07, 6.45) is 0.509. The molecule has 0 bridgehead atoms. The molecule has 114 valence electrons. The average Bonchev–Trinajstić information content (AvgIpc) is 2.35. The summed E-state index contributed by atoms with van der Waals surface area (Å²) in [6, 6.07) is 2.70. The van der Waals surface area contributed by atoms with Crippen LogP contribution in [0.5, 0.6) is 0 Å². The van der Waals surface area contributed by atoms with Crippen molar-refractivity contribution in [3.05, 3.63) is 39.7 Å². The fourth-order valence-corrected chi connectivity index (χ4v) is 1.78. The number of rotatable bonds is 6. The van der Waals surface area contributed by atoms with Gasteiger partial charge in [-0.25, -0.2) is 0 Å². The highest BCUT2D eigenvalue weighted by Crippen LogP contribution is 2.25. The molecule has 0 aliphatic heterocycles. The van der Waals surface area contributed by atoms with E-state index >= 15 is 0 Å². The minimum Gasteiger partial charge on any atom is -0.391 e. The minimum absolute atomic E-state index is 0. The molecule has 0 amide bonds. The number of benzene rings is 1. The van der Waals surface area contributed by atoms with Crippen LogP contribution in [0.4, 0.5) is 10.1 Å². The molecule has 1 aromatic rings. The van der Waals surface area contributed by atoms with E-state index < -0.39 is 28.6 Å². The molecular weight excluding hydrogens is 287 g/mol. The van der Waals surface area contributed by atoms with Crippen molar-refractivity contribution in [2.75, 3.05) is 0 Å². The Morgan fingerprint density at radius 3 is 2.50 bits per heavy atom. The highest BCUT2D eigenvalue weighted by atomic mass is 35.5. The van der Waals surface area contributed by atoms with Crippen molar-refractivity contribution in [3.8, 4) is 0 Å². The normalized spacial score (nSPS) is 13.7. The highest BCUT2D eigenvalue weighted by molar-refractivity contribution is 5.85. The molecule has 0 unspecified atom stereocenters. The van der Waals surface area contributed by atoms with E-state index in [4.69, 9.17) is 5.73 Å². The molecule has 0 radical (unpaired) electrons. The summed E-state index contributed by atoms with van der Waals surface area (Å²) in [5.41, 5.74) is 5.59. The van der Waals surface area contributed by atoms with Crippen LogP contribution in [0.2, 0.25) is 0 Å². The molecule has 0 spiro atoms. The first-order chi connectivity index (χ1) is 8.82. The number of aliphatic hydroxyl groups excluding tert-OH is 1. The third-order valence-electron chi connectivity index (χ3n) is 3.01. The lowest BCUT2D eigenvalue weighted by Crippen LogP contribution is -2.26. The molecule has 7 heteroatoms. The molecule has 5 nitrogen and oxygen atoms in total. The standard InChI is InChI=1S/C13H19FN2O3.ClH/c1-8(2)3-6-12(17)13(15)9-4-5-10(14)11(7-9)16(18)19;/h4-5,7-8,12-13,17H,3,6,15H2,1-2H3;1H/t12-,13+;/m1./s1. The Bertz CT molecular complexity index is 457. The van der Waals surface area contributed by atoms with Gasteiger partial charge < -0.3 is 10.8 Å². The molecule has 20 heavy (non-hydrogen) atoms. The molecular formula is C13H20ClFN2O3. The van der Waals surface area contributed by atoms with E-state index in [1.165, 1.54) is 6.07 Å². The van der Waals surface area contributed by atoms with Gasteiger partial charge in [0.15, 0.2) is 0 Å². The fourth-order valence-electron chi connectivity index (χ4n) is 1.78. The van der Waals surface area contributed by atoms with Crippen LogP contribution in [0.1, 0.15) is 38.3 Å². The lowest BCUT2D eigenvalue weighted by Gasteiger charge is -2.20. The first kappa shape index (κ1) is 18.8. The summed E-state index contributed by atoms with van der Waals surface area (Å²) >= 11 is 0. The van der Waals surface area contributed by atoms with Gasteiger partial charge in [-0.05, 0) is 30.4 Å². The second kappa shape index (κ2) is 8.14. The van der Waals surface area contributed by atoms with Gasteiger partial charge in [-0.1, -0.05) is 19.9 Å². The Kier molecular flexibility index (Phi) is 7.63. The number of nitrogens with two attached hydrogens (primary N) is 1. The number of halogens is 2. The van der Waals surface area contributed by atoms with Crippen LogP contribution in [0.25, 0.3) is 0 Å². The van der Waals surface area contributed by atoms with E-state index in [0.717, 1.165) is 18.6 Å². The van der Waals surface area contributed by atoms with Crippen LogP contribution in [0.3, 0.4) is 0 Å². The number of hydrogen-bond donors (Lipinski definition) is 2. The third kappa shape index (κ3) is 5.03. The maximum atomic E-state index is 13.2. The topological polar surface area (TPSA) is 89.4 Å². The van der Waals surface area contributed by atoms with Gasteiger partial charge in [0, 0.05) is 6.07 Å². The second-order valence-corrected chi connectivity index (χ2v) is 5.03. The molecule has 0 aromatic heterocycles. The molecule has 0 saturated heterocycles. The molecule has 0 fully saturated rings. The van der Waals surface area contributed by atoms with Crippen LogP contribution < -0.4 is 5.73 Å². The lowest BCUT2D eigenvalue weighted by atomic mass is 9.96. The summed E-state index contributed by atoms with van der Waals surface area (Å²) in [5, 5.41) is 20.6. The fraction of sp³-hybridized carbons (Fsp3) is 0.538. The number of hydrogen-bond acceptors (Lipinski definition) is 4. The summed E-state index contributed by atoms with van der Waals surface area (Å²) < 4.78 is 13.2. The molecule has 2 atom stereocenters. The number of nitro groups is 1. The highest BCUT2D eigenvalue weighted by Gasteiger charge is 2.21. The van der Waals surface area contributed by atoms with E-state index in [0.29, 0.717) is 17.9 Å². The van der Waals surface area contributed by atoms with Gasteiger partial charge >= 0.3 is 5.69 Å². The van der Waals surface area contributed by atoms with Crippen LogP contribution in [0.15, 0.2) is 18.2 Å². The van der Waals surface area contributed by atoms with Gasteiger partial charge in [0.25, 0.3) is 0 Å². The average molecular weight is 307 g/mol. The predicted molar refractivity (Wildman–Crippen MR) is 77.3 cm³/mol. The zero-order valence-corrected chi connectivity index (χ0v) is 12.3. The van der Waals surface area contributed by atoms with Gasteiger partial charge in [-0.15, -0.1) is 12.4 Å². The van der Waals surface area contributed by atoms with Gasteiger partial charge in [0.1, 0.15) is 0 Å². The van der Waals surface area contributed by atoms with Crippen LogP contribution in [0, 0.1) is 21.8 Å². The molecule has 0 saturated carbocycles. The van der Waals surface area contributed by atoms with Crippen molar-refractivity contribution in [1.29, 1.82) is 0 Å². The molecule has 1 aromatic carbocycles.